The largest absolute Gasteiger partial charge is 0.417 e. The molecule has 2 heterocycles. The molecule has 0 aliphatic heterocycles. The van der Waals surface area contributed by atoms with E-state index in [1.807, 2.05) is 24.3 Å². The Morgan fingerprint density at radius 1 is 1.29 bits per heavy atom. The highest BCUT2D eigenvalue weighted by Gasteiger charge is 2.31. The second-order valence-electron chi connectivity index (χ2n) is 4.92. The average molecular weight is 354 g/mol. The predicted octanol–water partition coefficient (Wildman–Crippen LogP) is 4.68. The number of oxime groups is 1. The normalized spacial score (nSPS) is 12.2. The van der Waals surface area contributed by atoms with Gasteiger partial charge in [-0.1, -0.05) is 35.0 Å². The van der Waals surface area contributed by atoms with Crippen molar-refractivity contribution in [1.29, 1.82) is 0 Å². The van der Waals surface area contributed by atoms with Crippen LogP contribution in [0.2, 0.25) is 5.02 Å². The lowest BCUT2D eigenvalue weighted by Crippen LogP contribution is -2.07. The van der Waals surface area contributed by atoms with Crippen LogP contribution in [-0.2, 0) is 11.0 Å². The van der Waals surface area contributed by atoms with Gasteiger partial charge in [0, 0.05) is 23.3 Å². The van der Waals surface area contributed by atoms with Crippen molar-refractivity contribution in [1.82, 2.24) is 9.55 Å². The van der Waals surface area contributed by atoms with Gasteiger partial charge in [0.05, 0.1) is 22.3 Å². The number of halogens is 4. The Labute approximate surface area is 140 Å². The summed E-state index contributed by atoms with van der Waals surface area (Å²) in [7, 11) is 1.42. The molecule has 0 saturated heterocycles. The maximum Gasteiger partial charge on any atom is 0.417 e. The first-order valence-electron chi connectivity index (χ1n) is 6.81. The minimum absolute atomic E-state index is 0.0965. The van der Waals surface area contributed by atoms with Gasteiger partial charge in [0.25, 0.3) is 0 Å². The Bertz CT molecular complexity index is 919. The molecule has 1 aromatic carbocycles. The highest BCUT2D eigenvalue weighted by atomic mass is 35.5. The summed E-state index contributed by atoms with van der Waals surface area (Å²) >= 11 is 6.04. The van der Waals surface area contributed by atoms with Crippen molar-refractivity contribution in [3.63, 3.8) is 0 Å². The van der Waals surface area contributed by atoms with E-state index in [0.717, 1.165) is 28.7 Å². The van der Waals surface area contributed by atoms with E-state index in [2.05, 4.69) is 15.0 Å². The van der Waals surface area contributed by atoms with E-state index in [4.69, 9.17) is 11.6 Å². The zero-order chi connectivity index (χ0) is 17.3. The van der Waals surface area contributed by atoms with E-state index in [9.17, 15) is 13.2 Å². The number of aromatic nitrogens is 2. The summed E-state index contributed by atoms with van der Waals surface area (Å²) in [6, 6.07) is 8.20. The minimum Gasteiger partial charge on any atom is -0.399 e. The van der Waals surface area contributed by atoms with E-state index in [0.29, 0.717) is 0 Å². The molecular weight excluding hydrogens is 343 g/mol. The van der Waals surface area contributed by atoms with Crippen molar-refractivity contribution in [2.45, 2.75) is 6.18 Å². The molecule has 0 N–H and O–H groups in total. The van der Waals surface area contributed by atoms with Gasteiger partial charge in [-0.05, 0) is 12.1 Å². The number of nitrogens with zero attached hydrogens (tertiary/aromatic N) is 3. The van der Waals surface area contributed by atoms with Crippen LogP contribution in [0.25, 0.3) is 16.7 Å². The van der Waals surface area contributed by atoms with E-state index in [1.54, 1.807) is 10.8 Å². The number of alkyl halides is 3. The van der Waals surface area contributed by atoms with Gasteiger partial charge in [-0.3, -0.25) is 4.57 Å². The number of fused-ring (bicyclic) bond motifs is 1. The third kappa shape index (κ3) is 2.94. The maximum atomic E-state index is 12.8. The molecule has 0 amide bonds. The number of hydrogen-bond acceptors (Lipinski definition) is 3. The van der Waals surface area contributed by atoms with Crippen LogP contribution < -0.4 is 0 Å². The van der Waals surface area contributed by atoms with Crippen molar-refractivity contribution in [3.05, 3.63) is 58.9 Å². The fraction of sp³-hybridized carbons (Fsp3) is 0.125. The van der Waals surface area contributed by atoms with E-state index in [1.165, 1.54) is 13.3 Å². The molecule has 24 heavy (non-hydrogen) atoms. The summed E-state index contributed by atoms with van der Waals surface area (Å²) in [4.78, 5) is 8.57. The lowest BCUT2D eigenvalue weighted by atomic mass is 10.2. The Hall–Kier alpha value is -2.54. The van der Waals surface area contributed by atoms with Crippen LogP contribution in [-0.4, -0.2) is 22.9 Å². The zero-order valence-electron chi connectivity index (χ0n) is 12.4. The zero-order valence-corrected chi connectivity index (χ0v) is 13.1. The average Bonchev–Trinajstić information content (AvgIpc) is 2.91. The van der Waals surface area contributed by atoms with Crippen LogP contribution >= 0.6 is 11.6 Å². The van der Waals surface area contributed by atoms with Crippen LogP contribution in [0.15, 0.2) is 47.9 Å². The standard InChI is InChI=1S/C16H11ClF3N3O/c1-24-22-7-10-9-23(14-5-3-2-4-12(10)14)15-13(17)6-11(8-21-15)16(18,19)20/h2-9H,1H3. The molecule has 8 heteroatoms. The number of rotatable bonds is 3. The second kappa shape index (κ2) is 6.16. The smallest absolute Gasteiger partial charge is 0.399 e. The summed E-state index contributed by atoms with van der Waals surface area (Å²) in [5.41, 5.74) is 0.573. The van der Waals surface area contributed by atoms with Gasteiger partial charge in [0.2, 0.25) is 0 Å². The van der Waals surface area contributed by atoms with Crippen LogP contribution in [0, 0.1) is 0 Å². The van der Waals surface area contributed by atoms with Gasteiger partial charge >= 0.3 is 6.18 Å². The second-order valence-corrected chi connectivity index (χ2v) is 5.32. The summed E-state index contributed by atoms with van der Waals surface area (Å²) in [6.07, 6.45) is -0.533. The van der Waals surface area contributed by atoms with E-state index < -0.39 is 11.7 Å². The molecule has 0 atom stereocenters. The third-order valence-electron chi connectivity index (χ3n) is 3.42. The molecule has 0 spiro atoms. The monoisotopic (exact) mass is 353 g/mol. The van der Waals surface area contributed by atoms with Crippen LogP contribution in [0.5, 0.6) is 0 Å². The number of pyridine rings is 1. The molecule has 3 aromatic rings. The molecule has 3 rings (SSSR count). The van der Waals surface area contributed by atoms with Crippen molar-refractivity contribution in [3.8, 4) is 5.82 Å². The predicted molar refractivity (Wildman–Crippen MR) is 85.7 cm³/mol. The SMILES string of the molecule is CON=Cc1cn(-c2ncc(C(F)(F)F)cc2Cl)c2ccccc12. The lowest BCUT2D eigenvalue weighted by molar-refractivity contribution is -0.137. The first kappa shape index (κ1) is 16.3. The minimum atomic E-state index is -4.50. The van der Waals surface area contributed by atoms with Crippen LogP contribution in [0.3, 0.4) is 0 Å². The quantitative estimate of drug-likeness (QED) is 0.506. The first-order chi connectivity index (χ1) is 11.4. The topological polar surface area (TPSA) is 39.4 Å². The summed E-state index contributed by atoms with van der Waals surface area (Å²) in [5, 5.41) is 4.47. The van der Waals surface area contributed by atoms with Gasteiger partial charge in [-0.15, -0.1) is 0 Å². The molecule has 0 aliphatic carbocycles. The van der Waals surface area contributed by atoms with Crippen molar-refractivity contribution < 1.29 is 18.0 Å². The summed E-state index contributed by atoms with van der Waals surface area (Å²) in [6.45, 7) is 0. The van der Waals surface area contributed by atoms with Crippen LogP contribution in [0.1, 0.15) is 11.1 Å². The number of para-hydroxylation sites is 1. The van der Waals surface area contributed by atoms with Gasteiger partial charge in [0.15, 0.2) is 5.82 Å². The van der Waals surface area contributed by atoms with Crippen molar-refractivity contribution in [2.75, 3.05) is 7.11 Å². The maximum absolute atomic E-state index is 12.8. The molecule has 0 aliphatic rings. The molecule has 0 fully saturated rings. The Kier molecular flexibility index (Phi) is 4.19. The molecular formula is C16H11ClF3N3O. The van der Waals surface area contributed by atoms with Gasteiger partial charge < -0.3 is 4.84 Å². The number of hydrogen-bond donors (Lipinski definition) is 0. The fourth-order valence-corrected chi connectivity index (χ4v) is 2.61. The van der Waals surface area contributed by atoms with Gasteiger partial charge in [-0.2, -0.15) is 13.2 Å². The molecule has 0 saturated carbocycles. The van der Waals surface area contributed by atoms with Gasteiger partial charge in [0.1, 0.15) is 7.11 Å². The van der Waals surface area contributed by atoms with E-state index in [-0.39, 0.29) is 10.8 Å². The Morgan fingerprint density at radius 3 is 2.71 bits per heavy atom. The molecule has 124 valence electrons. The highest BCUT2D eigenvalue weighted by Crippen LogP contribution is 2.33. The Balaban J connectivity index is 2.18. The highest BCUT2D eigenvalue weighted by molar-refractivity contribution is 6.32. The molecule has 0 unspecified atom stereocenters. The fourth-order valence-electron chi connectivity index (χ4n) is 2.36. The molecule has 2 aromatic heterocycles. The summed E-state index contributed by atoms with van der Waals surface area (Å²) < 4.78 is 39.9. The lowest BCUT2D eigenvalue weighted by Gasteiger charge is -2.10. The molecule has 4 nitrogen and oxygen atoms in total. The van der Waals surface area contributed by atoms with Gasteiger partial charge in [-0.25, -0.2) is 4.98 Å². The summed E-state index contributed by atoms with van der Waals surface area (Å²) in [5.74, 6) is 0.206. The third-order valence-corrected chi connectivity index (χ3v) is 3.70. The first-order valence-corrected chi connectivity index (χ1v) is 7.19. The van der Waals surface area contributed by atoms with Crippen molar-refractivity contribution in [2.24, 2.45) is 5.16 Å². The number of benzene rings is 1. The Morgan fingerprint density at radius 2 is 2.04 bits per heavy atom. The molecule has 0 bridgehead atoms. The van der Waals surface area contributed by atoms with E-state index >= 15 is 0 Å². The van der Waals surface area contributed by atoms with Crippen molar-refractivity contribution >= 4 is 28.7 Å². The molecule has 0 radical (unpaired) electrons. The van der Waals surface area contributed by atoms with Crippen LogP contribution in [0.4, 0.5) is 13.2 Å².